The molecule has 0 spiro atoms. The Bertz CT molecular complexity index is 627. The molecule has 0 aliphatic rings. The van der Waals surface area contributed by atoms with Crippen LogP contribution in [0.2, 0.25) is 5.02 Å². The second kappa shape index (κ2) is 8.91. The van der Waals surface area contributed by atoms with Gasteiger partial charge in [0.1, 0.15) is 0 Å². The summed E-state index contributed by atoms with van der Waals surface area (Å²) in [6, 6.07) is 8.68. The quantitative estimate of drug-likeness (QED) is 0.828. The fraction of sp³-hybridized carbons (Fsp3) is 0.375. The van der Waals surface area contributed by atoms with E-state index in [0.29, 0.717) is 23.2 Å². The molecule has 0 fully saturated rings. The van der Waals surface area contributed by atoms with Gasteiger partial charge in [-0.05, 0) is 36.6 Å². The van der Waals surface area contributed by atoms with Crippen molar-refractivity contribution in [3.8, 4) is 11.3 Å². The van der Waals surface area contributed by atoms with Crippen LogP contribution in [-0.4, -0.2) is 23.7 Å². The molecule has 3 N–H and O–H groups in total. The molecule has 0 bridgehead atoms. The van der Waals surface area contributed by atoms with Crippen LogP contribution in [0.15, 0.2) is 34.9 Å². The average Bonchev–Trinajstić information content (AvgIpc) is 2.96. The predicted octanol–water partition coefficient (Wildman–Crippen LogP) is 3.52. The Kier molecular flexibility index (Phi) is 7.55. The summed E-state index contributed by atoms with van der Waals surface area (Å²) in [4.78, 5) is 12.2. The molecule has 0 radical (unpaired) electrons. The van der Waals surface area contributed by atoms with Crippen LogP contribution in [0.5, 0.6) is 0 Å². The summed E-state index contributed by atoms with van der Waals surface area (Å²) in [5, 5.41) is 7.34. The maximum atomic E-state index is 12.2. The minimum Gasteiger partial charge on any atom is -0.355 e. The van der Waals surface area contributed by atoms with Gasteiger partial charge in [-0.2, -0.15) is 0 Å². The Balaban J connectivity index is 0.00000264. The van der Waals surface area contributed by atoms with Gasteiger partial charge in [-0.15, -0.1) is 12.4 Å². The summed E-state index contributed by atoms with van der Waals surface area (Å²) in [7, 11) is 0. The molecule has 2 rings (SSSR count). The highest BCUT2D eigenvalue weighted by Crippen LogP contribution is 2.22. The normalized spacial score (nSPS) is 11.9. The van der Waals surface area contributed by atoms with Gasteiger partial charge in [-0.25, -0.2) is 0 Å². The number of nitrogens with one attached hydrogen (secondary N) is 1. The maximum absolute atomic E-state index is 12.2. The number of rotatable bonds is 6. The van der Waals surface area contributed by atoms with E-state index in [1.807, 2.05) is 12.1 Å². The lowest BCUT2D eigenvalue weighted by molar-refractivity contribution is 0.0924. The number of carbonyl (C=O) groups is 1. The second-order valence-corrected chi connectivity index (χ2v) is 6.06. The molecule has 126 valence electrons. The number of nitrogens with zero attached hydrogens (tertiary/aromatic N) is 1. The van der Waals surface area contributed by atoms with E-state index < -0.39 is 0 Å². The number of amides is 1. The summed E-state index contributed by atoms with van der Waals surface area (Å²) in [6.45, 7) is 4.57. The van der Waals surface area contributed by atoms with Crippen molar-refractivity contribution in [2.75, 3.05) is 6.54 Å². The zero-order valence-electron chi connectivity index (χ0n) is 13.1. The van der Waals surface area contributed by atoms with Gasteiger partial charge in [0.25, 0.3) is 5.91 Å². The van der Waals surface area contributed by atoms with Crippen molar-refractivity contribution < 1.29 is 9.32 Å². The minimum absolute atomic E-state index is 0. The van der Waals surface area contributed by atoms with Crippen molar-refractivity contribution >= 4 is 29.9 Å². The number of hydrogen-bond donors (Lipinski definition) is 2. The molecule has 1 amide bonds. The summed E-state index contributed by atoms with van der Waals surface area (Å²) in [6.07, 6.45) is 0.824. The van der Waals surface area contributed by atoms with Crippen LogP contribution < -0.4 is 11.1 Å². The smallest absolute Gasteiger partial charge is 0.273 e. The first-order valence-corrected chi connectivity index (χ1v) is 7.61. The highest BCUT2D eigenvalue weighted by Gasteiger charge is 2.17. The van der Waals surface area contributed by atoms with Crippen LogP contribution in [0, 0.1) is 5.92 Å². The molecular formula is C16H21Cl2N3O2. The third kappa shape index (κ3) is 5.53. The van der Waals surface area contributed by atoms with Crippen LogP contribution >= 0.6 is 24.0 Å². The van der Waals surface area contributed by atoms with Gasteiger partial charge in [0.15, 0.2) is 11.5 Å². The van der Waals surface area contributed by atoms with Crippen molar-refractivity contribution in [2.45, 2.75) is 26.3 Å². The lowest BCUT2D eigenvalue weighted by Gasteiger charge is -2.17. The zero-order chi connectivity index (χ0) is 16.1. The largest absolute Gasteiger partial charge is 0.355 e. The molecule has 23 heavy (non-hydrogen) atoms. The molecule has 7 heteroatoms. The summed E-state index contributed by atoms with van der Waals surface area (Å²) < 4.78 is 5.22. The van der Waals surface area contributed by atoms with Gasteiger partial charge in [-0.1, -0.05) is 30.6 Å². The van der Waals surface area contributed by atoms with E-state index in [1.165, 1.54) is 0 Å². The van der Waals surface area contributed by atoms with Crippen molar-refractivity contribution in [1.82, 2.24) is 10.5 Å². The van der Waals surface area contributed by atoms with Crippen LogP contribution in [0.25, 0.3) is 11.3 Å². The molecule has 1 aromatic heterocycles. The summed E-state index contributed by atoms with van der Waals surface area (Å²) in [5.41, 5.74) is 6.74. The van der Waals surface area contributed by atoms with Gasteiger partial charge in [-0.3, -0.25) is 4.79 Å². The van der Waals surface area contributed by atoms with Crippen LogP contribution in [0.1, 0.15) is 30.8 Å². The Labute approximate surface area is 147 Å². The molecule has 2 aromatic rings. The number of benzene rings is 1. The van der Waals surface area contributed by atoms with Crippen molar-refractivity contribution in [3.63, 3.8) is 0 Å². The molecular weight excluding hydrogens is 337 g/mol. The zero-order valence-corrected chi connectivity index (χ0v) is 14.7. The number of halogens is 2. The van der Waals surface area contributed by atoms with E-state index in [2.05, 4.69) is 24.3 Å². The van der Waals surface area contributed by atoms with Crippen molar-refractivity contribution in [3.05, 3.63) is 41.0 Å². The van der Waals surface area contributed by atoms with Crippen LogP contribution in [-0.2, 0) is 0 Å². The topological polar surface area (TPSA) is 81.1 Å². The third-order valence-corrected chi connectivity index (χ3v) is 3.50. The van der Waals surface area contributed by atoms with E-state index in [0.717, 1.165) is 12.0 Å². The monoisotopic (exact) mass is 357 g/mol. The maximum Gasteiger partial charge on any atom is 0.273 e. The number of hydrogen-bond acceptors (Lipinski definition) is 4. The second-order valence-electron chi connectivity index (χ2n) is 5.62. The van der Waals surface area contributed by atoms with Crippen molar-refractivity contribution in [2.24, 2.45) is 11.7 Å². The van der Waals surface area contributed by atoms with E-state index in [4.69, 9.17) is 21.9 Å². The lowest BCUT2D eigenvalue weighted by atomic mass is 10.0. The molecule has 0 aliphatic carbocycles. The third-order valence-electron chi connectivity index (χ3n) is 3.25. The van der Waals surface area contributed by atoms with Crippen molar-refractivity contribution in [1.29, 1.82) is 0 Å². The van der Waals surface area contributed by atoms with Gasteiger partial charge in [0.05, 0.1) is 0 Å². The molecule has 1 aromatic carbocycles. The standard InChI is InChI=1S/C16H20ClN3O2.ClH/c1-10(2)7-13(9-18)19-16(21)14-8-15(22-20-14)11-3-5-12(17)6-4-11;/h3-6,8,10,13H,7,9,18H2,1-2H3,(H,19,21);1H. The Hall–Kier alpha value is -1.56. The van der Waals surface area contributed by atoms with E-state index in [9.17, 15) is 4.79 Å². The molecule has 0 aliphatic heterocycles. The lowest BCUT2D eigenvalue weighted by Crippen LogP contribution is -2.41. The molecule has 1 heterocycles. The molecule has 0 saturated heterocycles. The molecule has 1 atom stereocenters. The number of carbonyl (C=O) groups excluding carboxylic acids is 1. The van der Waals surface area contributed by atoms with Gasteiger partial charge in [0.2, 0.25) is 0 Å². The first-order chi connectivity index (χ1) is 10.5. The average molecular weight is 358 g/mol. The van der Waals surface area contributed by atoms with E-state index in [-0.39, 0.29) is 30.0 Å². The van der Waals surface area contributed by atoms with Crippen LogP contribution in [0.3, 0.4) is 0 Å². The number of nitrogens with two attached hydrogens (primary N) is 1. The summed E-state index contributed by atoms with van der Waals surface area (Å²) in [5.74, 6) is 0.700. The predicted molar refractivity (Wildman–Crippen MR) is 94.0 cm³/mol. The molecule has 1 unspecified atom stereocenters. The fourth-order valence-electron chi connectivity index (χ4n) is 2.17. The SMILES string of the molecule is CC(C)CC(CN)NC(=O)c1cc(-c2ccc(Cl)cc2)on1.Cl. The van der Waals surface area contributed by atoms with E-state index >= 15 is 0 Å². The highest BCUT2D eigenvalue weighted by atomic mass is 35.5. The first kappa shape index (κ1) is 19.5. The van der Waals surface area contributed by atoms with Gasteiger partial charge >= 0.3 is 0 Å². The van der Waals surface area contributed by atoms with E-state index in [1.54, 1.807) is 18.2 Å². The Morgan fingerprint density at radius 2 is 2.00 bits per heavy atom. The highest BCUT2D eigenvalue weighted by molar-refractivity contribution is 6.30. The Morgan fingerprint density at radius 3 is 2.57 bits per heavy atom. The van der Waals surface area contributed by atoms with Gasteiger partial charge < -0.3 is 15.6 Å². The number of aromatic nitrogens is 1. The Morgan fingerprint density at radius 1 is 1.35 bits per heavy atom. The minimum atomic E-state index is -0.278. The fourth-order valence-corrected chi connectivity index (χ4v) is 2.30. The molecule has 0 saturated carbocycles. The van der Waals surface area contributed by atoms with Crippen LogP contribution in [0.4, 0.5) is 0 Å². The summed E-state index contributed by atoms with van der Waals surface area (Å²) >= 11 is 5.85. The van der Waals surface area contributed by atoms with Gasteiger partial charge in [0, 0.05) is 29.2 Å². The first-order valence-electron chi connectivity index (χ1n) is 7.23. The molecule has 5 nitrogen and oxygen atoms in total.